The van der Waals surface area contributed by atoms with Gasteiger partial charge < -0.3 is 4.57 Å². The molecule has 4 rings (SSSR count). The maximum absolute atomic E-state index is 11.6. The molecule has 2 aromatic heterocycles. The lowest BCUT2D eigenvalue weighted by atomic mass is 10.3. The Labute approximate surface area is 137 Å². The molecule has 6 heteroatoms. The monoisotopic (exact) mass is 320 g/mol. The number of hydrogen-bond donors (Lipinski definition) is 0. The number of para-hydroxylation sites is 1. The minimum Gasteiger partial charge on any atom is -0.309 e. The molecule has 0 saturated carbocycles. The molecule has 112 valence electrons. The van der Waals surface area contributed by atoms with Crippen LogP contribution in [0.2, 0.25) is 0 Å². The van der Waals surface area contributed by atoms with Gasteiger partial charge in [-0.05, 0) is 30.3 Å². The molecule has 0 fully saturated rings. The first-order valence-corrected chi connectivity index (χ1v) is 7.93. The predicted molar refractivity (Wildman–Crippen MR) is 92.0 cm³/mol. The number of hydrogen-bond acceptors (Lipinski definition) is 3. The molecular formula is C17H12N4OS. The molecule has 0 N–H and O–H groups in total. The van der Waals surface area contributed by atoms with Gasteiger partial charge in [0, 0.05) is 18.5 Å². The third-order valence-corrected chi connectivity index (χ3v) is 4.18. The molecule has 23 heavy (non-hydrogen) atoms. The average Bonchev–Trinajstić information content (AvgIpc) is 3.30. The highest BCUT2D eigenvalue weighted by Gasteiger charge is 2.16. The normalized spacial score (nSPS) is 15.7. The molecule has 5 nitrogen and oxygen atoms in total. The number of thioether (sulfide) groups is 1. The van der Waals surface area contributed by atoms with Crippen LogP contribution in [0.15, 0.2) is 70.8 Å². The molecule has 0 spiro atoms. The van der Waals surface area contributed by atoms with Crippen LogP contribution < -0.4 is 0 Å². The quantitative estimate of drug-likeness (QED) is 0.696. The number of carbonyl (C=O) groups excluding carboxylic acids is 1. The predicted octanol–water partition coefficient (Wildman–Crippen LogP) is 3.31. The molecule has 3 heterocycles. The number of amides is 1. The largest absolute Gasteiger partial charge is 0.309 e. The first-order valence-electron chi connectivity index (χ1n) is 7.05. The van der Waals surface area contributed by atoms with Crippen LogP contribution in [0.5, 0.6) is 0 Å². The minimum absolute atomic E-state index is 0.216. The summed E-state index contributed by atoms with van der Waals surface area (Å²) in [4.78, 5) is 16.0. The van der Waals surface area contributed by atoms with Crippen molar-refractivity contribution in [2.45, 2.75) is 0 Å². The number of carbonyl (C=O) groups is 1. The highest BCUT2D eigenvalue weighted by Crippen LogP contribution is 2.25. The van der Waals surface area contributed by atoms with Gasteiger partial charge in [0.25, 0.3) is 5.91 Å². The van der Waals surface area contributed by atoms with Gasteiger partial charge in [-0.15, -0.1) is 0 Å². The van der Waals surface area contributed by atoms with Gasteiger partial charge in [-0.3, -0.25) is 4.79 Å². The zero-order chi connectivity index (χ0) is 15.6. The van der Waals surface area contributed by atoms with E-state index >= 15 is 0 Å². The van der Waals surface area contributed by atoms with E-state index in [4.69, 9.17) is 0 Å². The molecule has 1 amide bonds. The van der Waals surface area contributed by atoms with E-state index in [1.54, 1.807) is 11.6 Å². The Kier molecular flexibility index (Phi) is 3.44. The second kappa shape index (κ2) is 5.73. The van der Waals surface area contributed by atoms with Crippen LogP contribution in [0.4, 0.5) is 0 Å². The summed E-state index contributed by atoms with van der Waals surface area (Å²) < 4.78 is 3.85. The molecule has 1 aliphatic heterocycles. The number of aromatic nitrogens is 3. The van der Waals surface area contributed by atoms with Gasteiger partial charge in [0.2, 0.25) is 0 Å². The first kappa shape index (κ1) is 13.8. The van der Waals surface area contributed by atoms with Crippen molar-refractivity contribution < 1.29 is 4.79 Å². The summed E-state index contributed by atoms with van der Waals surface area (Å²) in [7, 11) is 0. The van der Waals surface area contributed by atoms with Crippen molar-refractivity contribution in [2.24, 2.45) is 4.99 Å². The van der Waals surface area contributed by atoms with E-state index in [-0.39, 0.29) is 5.91 Å². The Morgan fingerprint density at radius 1 is 1.04 bits per heavy atom. The van der Waals surface area contributed by atoms with Crippen molar-refractivity contribution in [2.75, 3.05) is 0 Å². The van der Waals surface area contributed by atoms with Crippen molar-refractivity contribution in [3.8, 4) is 11.5 Å². The summed E-state index contributed by atoms with van der Waals surface area (Å²) in [5.41, 5.74) is 3.23. The Morgan fingerprint density at radius 3 is 2.52 bits per heavy atom. The van der Waals surface area contributed by atoms with Gasteiger partial charge in [-0.25, -0.2) is 9.67 Å². The lowest BCUT2D eigenvalue weighted by molar-refractivity contribution is -0.113. The fraction of sp³-hybridized carbons (Fsp3) is 0. The molecule has 0 radical (unpaired) electrons. The van der Waals surface area contributed by atoms with Gasteiger partial charge in [-0.1, -0.05) is 30.0 Å². The molecule has 0 unspecified atom stereocenters. The third-order valence-electron chi connectivity index (χ3n) is 3.42. The van der Waals surface area contributed by atoms with E-state index in [0.29, 0.717) is 4.91 Å². The number of aliphatic imine (C=N–C) groups is 1. The molecule has 0 atom stereocenters. The van der Waals surface area contributed by atoms with Gasteiger partial charge in [-0.2, -0.15) is 5.10 Å². The van der Waals surface area contributed by atoms with Crippen molar-refractivity contribution in [1.29, 1.82) is 0 Å². The zero-order valence-electron chi connectivity index (χ0n) is 12.0. The molecule has 1 aliphatic rings. The molecule has 1 aromatic carbocycles. The van der Waals surface area contributed by atoms with E-state index in [9.17, 15) is 4.79 Å². The van der Waals surface area contributed by atoms with E-state index in [1.807, 2.05) is 70.2 Å². The first-order chi connectivity index (χ1) is 11.3. The second-order valence-electron chi connectivity index (χ2n) is 4.93. The van der Waals surface area contributed by atoms with Crippen LogP contribution in [0.25, 0.3) is 17.6 Å². The SMILES string of the molecule is O=C1N=CSC1=Cc1cc(-n2cccc2)n(-c2ccccc2)n1. The molecule has 0 aliphatic carbocycles. The summed E-state index contributed by atoms with van der Waals surface area (Å²) in [5, 5.41) is 4.63. The minimum atomic E-state index is -0.216. The van der Waals surface area contributed by atoms with Crippen LogP contribution in [0.1, 0.15) is 5.69 Å². The maximum atomic E-state index is 11.6. The van der Waals surface area contributed by atoms with Crippen LogP contribution in [-0.4, -0.2) is 25.8 Å². The Hall–Kier alpha value is -2.86. The summed E-state index contributed by atoms with van der Waals surface area (Å²) in [6.07, 6.45) is 5.70. The standard InChI is InChI=1S/C17H12N4OS/c22-17-15(23-12-18-17)10-13-11-16(20-8-4-5-9-20)21(19-13)14-6-2-1-3-7-14/h1-12H. The summed E-state index contributed by atoms with van der Waals surface area (Å²) in [6.45, 7) is 0. The Morgan fingerprint density at radius 2 is 1.83 bits per heavy atom. The molecule has 0 saturated heterocycles. The van der Waals surface area contributed by atoms with E-state index < -0.39 is 0 Å². The highest BCUT2D eigenvalue weighted by molar-refractivity contribution is 8.16. The smallest absolute Gasteiger partial charge is 0.284 e. The van der Waals surface area contributed by atoms with Crippen molar-refractivity contribution in [3.63, 3.8) is 0 Å². The average molecular weight is 320 g/mol. The van der Waals surface area contributed by atoms with Crippen LogP contribution in [-0.2, 0) is 4.79 Å². The van der Waals surface area contributed by atoms with E-state index in [2.05, 4.69) is 10.1 Å². The van der Waals surface area contributed by atoms with Gasteiger partial charge in [0.1, 0.15) is 5.82 Å². The Balaban J connectivity index is 1.83. The lowest BCUT2D eigenvalue weighted by Crippen LogP contribution is -2.03. The van der Waals surface area contributed by atoms with Gasteiger partial charge in [0.15, 0.2) is 0 Å². The molecule has 0 bridgehead atoms. The number of rotatable bonds is 3. The van der Waals surface area contributed by atoms with Gasteiger partial charge in [0.05, 0.1) is 21.8 Å². The van der Waals surface area contributed by atoms with Crippen LogP contribution >= 0.6 is 11.8 Å². The van der Waals surface area contributed by atoms with Crippen molar-refractivity contribution in [1.82, 2.24) is 14.3 Å². The lowest BCUT2D eigenvalue weighted by Gasteiger charge is -2.07. The number of benzene rings is 1. The Bertz CT molecular complexity index is 907. The van der Waals surface area contributed by atoms with Crippen molar-refractivity contribution in [3.05, 3.63) is 71.5 Å². The topological polar surface area (TPSA) is 52.2 Å². The van der Waals surface area contributed by atoms with E-state index in [0.717, 1.165) is 17.2 Å². The summed E-state index contributed by atoms with van der Waals surface area (Å²) >= 11 is 1.32. The number of nitrogens with zero attached hydrogens (tertiary/aromatic N) is 4. The maximum Gasteiger partial charge on any atom is 0.284 e. The summed E-state index contributed by atoms with van der Waals surface area (Å²) in [5.74, 6) is 0.691. The summed E-state index contributed by atoms with van der Waals surface area (Å²) in [6, 6.07) is 15.8. The zero-order valence-corrected chi connectivity index (χ0v) is 12.9. The van der Waals surface area contributed by atoms with Crippen LogP contribution in [0.3, 0.4) is 0 Å². The second-order valence-corrected chi connectivity index (χ2v) is 5.82. The molecule has 3 aromatic rings. The van der Waals surface area contributed by atoms with Crippen LogP contribution in [0, 0.1) is 0 Å². The highest BCUT2D eigenvalue weighted by atomic mass is 32.2. The fourth-order valence-electron chi connectivity index (χ4n) is 2.36. The third kappa shape index (κ3) is 2.64. The van der Waals surface area contributed by atoms with E-state index in [1.165, 1.54) is 11.8 Å². The van der Waals surface area contributed by atoms with Gasteiger partial charge >= 0.3 is 0 Å². The fourth-order valence-corrected chi connectivity index (χ4v) is 2.97. The van der Waals surface area contributed by atoms with Crippen molar-refractivity contribution >= 4 is 29.3 Å². The molecular weight excluding hydrogens is 308 g/mol.